The predicted octanol–water partition coefficient (Wildman–Crippen LogP) is 5.73. The van der Waals surface area contributed by atoms with Crippen molar-refractivity contribution in [1.82, 2.24) is 19.9 Å². The van der Waals surface area contributed by atoms with Crippen LogP contribution in [-0.4, -0.2) is 19.9 Å². The molecule has 0 bridgehead atoms. The summed E-state index contributed by atoms with van der Waals surface area (Å²) in [6, 6.07) is 19.8. The van der Waals surface area contributed by atoms with E-state index < -0.39 is 0 Å². The first-order valence-corrected chi connectivity index (χ1v) is 9.31. The second-order valence-electron chi connectivity index (χ2n) is 6.89. The molecule has 0 aliphatic carbocycles. The molecule has 0 radical (unpaired) electrons. The Kier molecular flexibility index (Phi) is 13.3. The van der Waals surface area contributed by atoms with Crippen LogP contribution in [0.25, 0.3) is 0 Å². The Labute approximate surface area is 199 Å². The number of H-pyrrole nitrogens is 4. The van der Waals surface area contributed by atoms with E-state index in [0.29, 0.717) is 0 Å². The number of nitrogens with one attached hydrogen (secondary N) is 4. The SMILES string of the molecule is Cc1[c-]cc(C)[nH]1.Cc1[c-]cc(C)[nH]1.Cc1[c-]cc(C)[nH]1.Cc1[c-]cc(C)[nH]1.[U+4]. The van der Waals surface area contributed by atoms with E-state index in [-0.39, 0.29) is 31.1 Å². The summed E-state index contributed by atoms with van der Waals surface area (Å²) in [6.07, 6.45) is 0. The third-order valence-corrected chi connectivity index (χ3v) is 3.56. The molecule has 0 saturated heterocycles. The van der Waals surface area contributed by atoms with Gasteiger partial charge < -0.3 is 19.9 Å². The average Bonchev–Trinajstić information content (AvgIpc) is 3.37. The molecule has 4 nitrogen and oxygen atoms in total. The number of hydrogen-bond acceptors (Lipinski definition) is 0. The zero-order chi connectivity index (χ0) is 21.1. The van der Waals surface area contributed by atoms with Gasteiger partial charge in [0.2, 0.25) is 0 Å². The van der Waals surface area contributed by atoms with Crippen molar-refractivity contribution >= 4 is 0 Å². The van der Waals surface area contributed by atoms with Gasteiger partial charge in [-0.15, -0.1) is 22.8 Å². The van der Waals surface area contributed by atoms with E-state index in [1.807, 2.05) is 79.7 Å². The second-order valence-corrected chi connectivity index (χ2v) is 6.89. The van der Waals surface area contributed by atoms with Crippen LogP contribution in [0.5, 0.6) is 0 Å². The fourth-order valence-electron chi connectivity index (χ4n) is 2.34. The number of aromatic nitrogens is 4. The summed E-state index contributed by atoms with van der Waals surface area (Å²) in [5.74, 6) is 0. The van der Waals surface area contributed by atoms with Gasteiger partial charge in [-0.05, 0) is 27.7 Å². The smallest absolute Gasteiger partial charge is 0.456 e. The Hall–Kier alpha value is -1.83. The summed E-state index contributed by atoms with van der Waals surface area (Å²) >= 11 is 0. The normalized spacial score (nSPS) is 9.10. The zero-order valence-corrected chi connectivity index (χ0v) is 23.0. The summed E-state index contributed by atoms with van der Waals surface area (Å²) in [6.45, 7) is 16.0. The molecule has 0 atom stereocenters. The fourth-order valence-corrected chi connectivity index (χ4v) is 2.34. The Balaban J connectivity index is 0.000000356. The topological polar surface area (TPSA) is 63.2 Å². The van der Waals surface area contributed by atoms with E-state index in [4.69, 9.17) is 0 Å². The van der Waals surface area contributed by atoms with Gasteiger partial charge in [-0.3, -0.25) is 0 Å². The van der Waals surface area contributed by atoms with Crippen molar-refractivity contribution in [2.75, 3.05) is 0 Å². The Morgan fingerprint density at radius 1 is 0.414 bits per heavy atom. The van der Waals surface area contributed by atoms with E-state index in [1.54, 1.807) is 0 Å². The van der Waals surface area contributed by atoms with Gasteiger partial charge in [0.15, 0.2) is 0 Å². The maximum atomic E-state index is 3.08. The molecule has 4 heterocycles. The van der Waals surface area contributed by atoms with Crippen LogP contribution in [0.1, 0.15) is 45.6 Å². The number of aryl methyl sites for hydroxylation is 8. The first kappa shape index (κ1) is 27.2. The van der Waals surface area contributed by atoms with E-state index in [1.165, 1.54) is 22.8 Å². The maximum Gasteiger partial charge on any atom is 4.00 e. The third-order valence-electron chi connectivity index (χ3n) is 3.56. The molecule has 0 fully saturated rings. The minimum Gasteiger partial charge on any atom is -0.456 e. The van der Waals surface area contributed by atoms with Crippen LogP contribution >= 0.6 is 0 Å². The van der Waals surface area contributed by atoms with Crippen LogP contribution in [0.4, 0.5) is 0 Å². The molecule has 4 N–H and O–H groups in total. The number of rotatable bonds is 0. The average molecular weight is 615 g/mol. The minimum absolute atomic E-state index is 0. The predicted molar refractivity (Wildman–Crippen MR) is 116 cm³/mol. The fraction of sp³-hybridized carbons (Fsp3) is 0.333. The molecule has 0 aliphatic rings. The molecule has 4 aromatic heterocycles. The Bertz CT molecular complexity index is 705. The molecule has 0 saturated carbocycles. The van der Waals surface area contributed by atoms with Gasteiger partial charge in [-0.25, -0.2) is 48.5 Å². The van der Waals surface area contributed by atoms with Crippen LogP contribution in [0.2, 0.25) is 0 Å². The van der Waals surface area contributed by atoms with Gasteiger partial charge in [0.25, 0.3) is 0 Å². The van der Waals surface area contributed by atoms with Gasteiger partial charge in [-0.2, -0.15) is 0 Å². The second kappa shape index (κ2) is 14.2. The molecule has 152 valence electrons. The molecule has 0 aromatic carbocycles. The summed E-state index contributed by atoms with van der Waals surface area (Å²) < 4.78 is 0. The molecule has 0 aliphatic heterocycles. The Morgan fingerprint density at radius 3 is 0.621 bits per heavy atom. The largest absolute Gasteiger partial charge is 4.00 e. The summed E-state index contributed by atoms with van der Waals surface area (Å²) in [7, 11) is 0. The standard InChI is InChI=1S/4C6H8N.U/c4*1-5-3-4-6(2)7-5;/h4*3,7H,1-2H3;/q4*-1;+4. The first-order chi connectivity index (χ1) is 13.2. The molecule has 29 heavy (non-hydrogen) atoms. The van der Waals surface area contributed by atoms with Crippen molar-refractivity contribution in [2.24, 2.45) is 0 Å². The summed E-state index contributed by atoms with van der Waals surface area (Å²) in [5.41, 5.74) is 9.15. The van der Waals surface area contributed by atoms with Crippen molar-refractivity contribution in [3.63, 3.8) is 0 Å². The zero-order valence-electron chi connectivity index (χ0n) is 18.8. The van der Waals surface area contributed by atoms with Crippen LogP contribution in [0, 0.1) is 111 Å². The molecule has 0 unspecified atom stereocenters. The molecule has 4 rings (SSSR count). The van der Waals surface area contributed by atoms with Crippen LogP contribution in [-0.2, 0) is 0 Å². The number of aromatic amines is 4. The molecular formula is C24H32N4U. The first-order valence-electron chi connectivity index (χ1n) is 9.31. The van der Waals surface area contributed by atoms with Gasteiger partial charge in [0.05, 0.1) is 0 Å². The van der Waals surface area contributed by atoms with Crippen LogP contribution in [0.3, 0.4) is 0 Å². The third kappa shape index (κ3) is 13.1. The molecular weight excluding hydrogens is 582 g/mol. The van der Waals surface area contributed by atoms with E-state index in [0.717, 1.165) is 22.8 Å². The molecule has 0 amide bonds. The van der Waals surface area contributed by atoms with E-state index in [9.17, 15) is 0 Å². The monoisotopic (exact) mass is 614 g/mol. The summed E-state index contributed by atoms with van der Waals surface area (Å²) in [5, 5.41) is 0. The van der Waals surface area contributed by atoms with Crippen molar-refractivity contribution in [3.05, 3.63) is 94.1 Å². The maximum absolute atomic E-state index is 3.08. The molecule has 4 aromatic rings. The quantitative estimate of drug-likeness (QED) is 0.183. The van der Waals surface area contributed by atoms with Crippen LogP contribution in [0.15, 0.2) is 24.3 Å². The van der Waals surface area contributed by atoms with Gasteiger partial charge in [0.1, 0.15) is 0 Å². The molecule has 0 spiro atoms. The van der Waals surface area contributed by atoms with Crippen molar-refractivity contribution < 1.29 is 31.1 Å². The van der Waals surface area contributed by atoms with Crippen molar-refractivity contribution in [1.29, 1.82) is 0 Å². The van der Waals surface area contributed by atoms with Gasteiger partial charge >= 0.3 is 31.1 Å². The molecule has 5 heteroatoms. The van der Waals surface area contributed by atoms with Crippen LogP contribution < -0.4 is 0 Å². The number of hydrogen-bond donors (Lipinski definition) is 4. The Morgan fingerprint density at radius 2 is 0.586 bits per heavy atom. The van der Waals surface area contributed by atoms with Gasteiger partial charge in [-0.1, -0.05) is 50.5 Å². The van der Waals surface area contributed by atoms with Gasteiger partial charge in [0, 0.05) is 0 Å². The van der Waals surface area contributed by atoms with Crippen molar-refractivity contribution in [3.8, 4) is 0 Å². The van der Waals surface area contributed by atoms with E-state index in [2.05, 4.69) is 44.2 Å². The van der Waals surface area contributed by atoms with E-state index >= 15 is 0 Å². The minimum atomic E-state index is 0. The van der Waals surface area contributed by atoms with Crippen molar-refractivity contribution in [2.45, 2.75) is 55.4 Å². The summed E-state index contributed by atoms with van der Waals surface area (Å²) in [4.78, 5) is 12.3.